The van der Waals surface area contributed by atoms with Crippen molar-refractivity contribution >= 4 is 23.4 Å². The summed E-state index contributed by atoms with van der Waals surface area (Å²) < 4.78 is 0. The van der Waals surface area contributed by atoms with Gasteiger partial charge in [-0.05, 0) is 48.4 Å². The van der Waals surface area contributed by atoms with Crippen molar-refractivity contribution in [3.05, 3.63) is 59.7 Å². The van der Waals surface area contributed by atoms with Crippen LogP contribution >= 0.6 is 11.8 Å². The largest absolute Gasteiger partial charge is 0.291 e. The van der Waals surface area contributed by atoms with Gasteiger partial charge in [0.25, 0.3) is 0 Å². The summed E-state index contributed by atoms with van der Waals surface area (Å²) in [7, 11) is 0. The number of thioether (sulfide) groups is 1. The first-order valence-electron chi connectivity index (χ1n) is 8.52. The number of fused-ring (bicyclic) bond motifs is 5. The van der Waals surface area contributed by atoms with E-state index in [0.717, 1.165) is 12.1 Å². The van der Waals surface area contributed by atoms with E-state index in [9.17, 15) is 4.79 Å². The maximum atomic E-state index is 13.3. The number of nitrogens with zero attached hydrogens (tertiary/aromatic N) is 1. The normalized spacial score (nSPS) is 35.7. The third kappa shape index (κ3) is 1.29. The van der Waals surface area contributed by atoms with E-state index in [1.54, 1.807) is 0 Å². The van der Waals surface area contributed by atoms with Crippen LogP contribution in [0.25, 0.3) is 0 Å². The predicted molar refractivity (Wildman–Crippen MR) is 91.5 cm³/mol. The molecule has 114 valence electrons. The summed E-state index contributed by atoms with van der Waals surface area (Å²) in [6.07, 6.45) is 3.40. The Morgan fingerprint density at radius 3 is 2.83 bits per heavy atom. The molecule has 0 unspecified atom stereocenters. The van der Waals surface area contributed by atoms with Crippen molar-refractivity contribution in [2.45, 2.75) is 34.9 Å². The second-order valence-corrected chi connectivity index (χ2v) is 8.52. The maximum Gasteiger partial charge on any atom is 0.232 e. The van der Waals surface area contributed by atoms with Gasteiger partial charge < -0.3 is 0 Å². The van der Waals surface area contributed by atoms with Gasteiger partial charge in [0.1, 0.15) is 4.87 Å². The summed E-state index contributed by atoms with van der Waals surface area (Å²) in [5, 5.41) is 0. The van der Waals surface area contributed by atoms with Crippen molar-refractivity contribution < 1.29 is 4.79 Å². The minimum absolute atomic E-state index is 0.182. The molecule has 2 aliphatic heterocycles. The molecule has 0 aromatic heterocycles. The number of amides is 1. The Labute approximate surface area is 139 Å². The van der Waals surface area contributed by atoms with Gasteiger partial charge in [0.05, 0.1) is 5.69 Å². The molecule has 2 heterocycles. The van der Waals surface area contributed by atoms with Crippen molar-refractivity contribution in [1.29, 1.82) is 0 Å². The van der Waals surface area contributed by atoms with Crippen LogP contribution in [0.1, 0.15) is 36.3 Å². The lowest BCUT2D eigenvalue weighted by atomic mass is 9.64. The number of anilines is 1. The highest BCUT2D eigenvalue weighted by Crippen LogP contribution is 2.70. The van der Waals surface area contributed by atoms with Gasteiger partial charge >= 0.3 is 0 Å². The third-order valence-corrected chi connectivity index (χ3v) is 7.96. The molecule has 0 N–H and O–H groups in total. The number of rotatable bonds is 0. The average molecular weight is 319 g/mol. The molecule has 2 bridgehead atoms. The maximum absolute atomic E-state index is 13.3. The van der Waals surface area contributed by atoms with E-state index >= 15 is 0 Å². The lowest BCUT2D eigenvalue weighted by Crippen LogP contribution is -2.45. The Kier molecular flexibility index (Phi) is 2.21. The number of hydrogen-bond donors (Lipinski definition) is 0. The van der Waals surface area contributed by atoms with Gasteiger partial charge in [0.15, 0.2) is 0 Å². The molecule has 4 atom stereocenters. The molecule has 0 radical (unpaired) electrons. The standard InChI is InChI=1S/C20H17NOS/c22-19-14-10-9-12-11-16(14)20(15-6-2-1-5-13(12)15)21(19)17-7-3-4-8-18(17)23-20/h1-8,12,14,16H,9-11H2/t12-,14+,16-,20+/m1/s1. The first-order chi connectivity index (χ1) is 11.3. The predicted octanol–water partition coefficient (Wildman–Crippen LogP) is 4.51. The minimum atomic E-state index is -0.182. The lowest BCUT2D eigenvalue weighted by Gasteiger charge is -2.47. The van der Waals surface area contributed by atoms with Crippen LogP contribution in [0.15, 0.2) is 53.4 Å². The summed E-state index contributed by atoms with van der Waals surface area (Å²) in [5.74, 6) is 1.69. The van der Waals surface area contributed by atoms with Crippen molar-refractivity contribution in [1.82, 2.24) is 0 Å². The van der Waals surface area contributed by atoms with Gasteiger partial charge in [0, 0.05) is 16.7 Å². The molecule has 2 nitrogen and oxygen atoms in total. The molecule has 2 aromatic rings. The molecule has 1 amide bonds. The lowest BCUT2D eigenvalue weighted by molar-refractivity contribution is -0.121. The zero-order valence-electron chi connectivity index (χ0n) is 12.7. The SMILES string of the molecule is O=C1[C@H]2CC[C@@H]3C[C@H]2[C@@]2(Sc4ccccc4N12)c1ccccc13. The smallest absolute Gasteiger partial charge is 0.232 e. The van der Waals surface area contributed by atoms with E-state index in [0.29, 0.717) is 17.7 Å². The Bertz CT molecular complexity index is 862. The highest BCUT2D eigenvalue weighted by molar-refractivity contribution is 8.01. The van der Waals surface area contributed by atoms with Crippen molar-refractivity contribution in [3.63, 3.8) is 0 Å². The van der Waals surface area contributed by atoms with Crippen molar-refractivity contribution in [2.75, 3.05) is 4.90 Å². The Balaban J connectivity index is 1.70. The minimum Gasteiger partial charge on any atom is -0.291 e. The van der Waals surface area contributed by atoms with Gasteiger partial charge in [-0.25, -0.2) is 0 Å². The van der Waals surface area contributed by atoms with Crippen LogP contribution in [0, 0.1) is 11.8 Å². The molecular weight excluding hydrogens is 302 g/mol. The second kappa shape index (κ2) is 4.02. The quantitative estimate of drug-likeness (QED) is 0.712. The van der Waals surface area contributed by atoms with Crippen molar-refractivity contribution in [3.8, 4) is 0 Å². The molecule has 6 rings (SSSR count). The van der Waals surface area contributed by atoms with Gasteiger partial charge in [-0.2, -0.15) is 0 Å². The topological polar surface area (TPSA) is 20.3 Å². The first-order valence-corrected chi connectivity index (χ1v) is 9.34. The molecule has 1 saturated carbocycles. The Morgan fingerprint density at radius 2 is 1.87 bits per heavy atom. The van der Waals surface area contributed by atoms with Crippen LogP contribution < -0.4 is 4.90 Å². The highest BCUT2D eigenvalue weighted by Gasteiger charge is 2.67. The fourth-order valence-electron chi connectivity index (χ4n) is 5.55. The zero-order chi connectivity index (χ0) is 15.2. The third-order valence-electron chi connectivity index (χ3n) is 6.38. The average Bonchev–Trinajstić information content (AvgIpc) is 3.07. The number of para-hydroxylation sites is 1. The van der Waals surface area contributed by atoms with Crippen LogP contribution in [0.3, 0.4) is 0 Å². The molecule has 3 heteroatoms. The fraction of sp³-hybridized carbons (Fsp3) is 0.350. The molecule has 2 fully saturated rings. The van der Waals surface area contributed by atoms with Crippen LogP contribution in [0.2, 0.25) is 0 Å². The van der Waals surface area contributed by atoms with Crippen LogP contribution in [-0.2, 0) is 9.67 Å². The van der Waals surface area contributed by atoms with E-state index < -0.39 is 0 Å². The van der Waals surface area contributed by atoms with Crippen LogP contribution in [0.5, 0.6) is 0 Å². The van der Waals surface area contributed by atoms with E-state index in [2.05, 4.69) is 53.4 Å². The molecule has 1 spiro atoms. The zero-order valence-corrected chi connectivity index (χ0v) is 13.6. The Hall–Kier alpha value is -1.74. The number of hydrogen-bond acceptors (Lipinski definition) is 2. The molecule has 2 aliphatic carbocycles. The first kappa shape index (κ1) is 12.7. The summed E-state index contributed by atoms with van der Waals surface area (Å²) in [6, 6.07) is 17.3. The summed E-state index contributed by atoms with van der Waals surface area (Å²) >= 11 is 1.93. The van der Waals surface area contributed by atoms with Crippen molar-refractivity contribution in [2.24, 2.45) is 11.8 Å². The summed E-state index contributed by atoms with van der Waals surface area (Å²) in [5.41, 5.74) is 4.02. The van der Waals surface area contributed by atoms with Gasteiger partial charge in [-0.15, -0.1) is 0 Å². The molecule has 4 aliphatic rings. The second-order valence-electron chi connectivity index (χ2n) is 7.25. The van der Waals surface area contributed by atoms with Gasteiger partial charge in [0.2, 0.25) is 5.91 Å². The molecular formula is C20H17NOS. The van der Waals surface area contributed by atoms with Gasteiger partial charge in [-0.3, -0.25) is 9.69 Å². The van der Waals surface area contributed by atoms with E-state index in [1.807, 2.05) is 11.8 Å². The highest BCUT2D eigenvalue weighted by atomic mass is 32.2. The van der Waals surface area contributed by atoms with E-state index in [-0.39, 0.29) is 10.8 Å². The number of carbonyl (C=O) groups excluding carboxylic acids is 1. The van der Waals surface area contributed by atoms with Crippen LogP contribution in [-0.4, -0.2) is 5.91 Å². The summed E-state index contributed by atoms with van der Waals surface area (Å²) in [6.45, 7) is 0. The molecule has 23 heavy (non-hydrogen) atoms. The fourth-order valence-corrected chi connectivity index (χ4v) is 7.28. The van der Waals surface area contributed by atoms with Gasteiger partial charge in [-0.1, -0.05) is 48.2 Å². The van der Waals surface area contributed by atoms with E-state index in [1.165, 1.54) is 28.9 Å². The van der Waals surface area contributed by atoms with E-state index in [4.69, 9.17) is 0 Å². The summed E-state index contributed by atoms with van der Waals surface area (Å²) in [4.78, 5) is 16.5. The molecule has 2 aromatic carbocycles. The molecule has 1 saturated heterocycles. The van der Waals surface area contributed by atoms with Crippen LogP contribution in [0.4, 0.5) is 5.69 Å². The monoisotopic (exact) mass is 319 g/mol. The Morgan fingerprint density at radius 1 is 1.04 bits per heavy atom. The number of benzene rings is 2. The number of carbonyl (C=O) groups is 1.